The quantitative estimate of drug-likeness (QED) is 0.725. The number of benzene rings is 2. The molecule has 0 aromatic heterocycles. The van der Waals surface area contributed by atoms with Gasteiger partial charge in [0, 0.05) is 11.6 Å². The number of anilines is 1. The van der Waals surface area contributed by atoms with Gasteiger partial charge in [0.25, 0.3) is 0 Å². The van der Waals surface area contributed by atoms with E-state index in [4.69, 9.17) is 27.9 Å². The third kappa shape index (κ3) is 4.55. The van der Waals surface area contributed by atoms with Crippen LogP contribution in [-0.4, -0.2) is 24.2 Å². The largest absolute Gasteiger partial charge is 0.494 e. The number of carboxylic acid groups (broad SMARTS) is 1. The maximum atomic E-state index is 11.2. The molecule has 0 spiro atoms. The van der Waals surface area contributed by atoms with Gasteiger partial charge in [-0.3, -0.25) is 0 Å². The minimum Gasteiger partial charge on any atom is -0.494 e. The van der Waals surface area contributed by atoms with Crippen LogP contribution in [0.4, 0.5) is 5.69 Å². The first-order valence-corrected chi connectivity index (χ1v) is 7.47. The summed E-state index contributed by atoms with van der Waals surface area (Å²) in [6.45, 7) is 1.05. The van der Waals surface area contributed by atoms with Gasteiger partial charge in [-0.05, 0) is 30.7 Å². The van der Waals surface area contributed by atoms with Gasteiger partial charge in [0.05, 0.1) is 22.9 Å². The van der Waals surface area contributed by atoms with Crippen molar-refractivity contribution >= 4 is 34.9 Å². The van der Waals surface area contributed by atoms with Gasteiger partial charge >= 0.3 is 5.97 Å². The summed E-state index contributed by atoms with van der Waals surface area (Å²) in [7, 11) is 0. The third-order valence-corrected chi connectivity index (χ3v) is 3.44. The average molecular weight is 340 g/mol. The molecule has 116 valence electrons. The van der Waals surface area contributed by atoms with Crippen LogP contribution in [0.2, 0.25) is 10.0 Å². The van der Waals surface area contributed by atoms with E-state index in [0.29, 0.717) is 30.3 Å². The number of para-hydroxylation sites is 1. The Morgan fingerprint density at radius 1 is 1.18 bits per heavy atom. The maximum absolute atomic E-state index is 11.2. The molecule has 0 bridgehead atoms. The van der Waals surface area contributed by atoms with Gasteiger partial charge in [-0.2, -0.15) is 0 Å². The Labute approximate surface area is 138 Å². The zero-order valence-electron chi connectivity index (χ0n) is 11.7. The molecule has 22 heavy (non-hydrogen) atoms. The van der Waals surface area contributed by atoms with Gasteiger partial charge in [0.1, 0.15) is 5.75 Å². The van der Waals surface area contributed by atoms with Gasteiger partial charge in [-0.1, -0.05) is 41.4 Å². The highest BCUT2D eigenvalue weighted by Gasteiger charge is 2.14. The normalized spacial score (nSPS) is 10.3. The standard InChI is InChI=1S/C16H15Cl2NO3/c17-11-9-13(16(20)21)15(14(18)10-11)19-7-4-8-22-12-5-2-1-3-6-12/h1-3,5-6,9-10,19H,4,7-8H2,(H,20,21). The monoisotopic (exact) mass is 339 g/mol. The highest BCUT2D eigenvalue weighted by atomic mass is 35.5. The number of aromatic carboxylic acids is 1. The molecule has 0 fully saturated rings. The molecule has 0 heterocycles. The summed E-state index contributed by atoms with van der Waals surface area (Å²) < 4.78 is 5.56. The van der Waals surface area contributed by atoms with Crippen LogP contribution in [0, 0.1) is 0 Å². The van der Waals surface area contributed by atoms with Crippen LogP contribution in [0.15, 0.2) is 42.5 Å². The van der Waals surface area contributed by atoms with Crippen molar-refractivity contribution in [2.24, 2.45) is 0 Å². The molecule has 0 saturated carbocycles. The third-order valence-electron chi connectivity index (χ3n) is 2.92. The number of hydrogen-bond donors (Lipinski definition) is 2. The fourth-order valence-electron chi connectivity index (χ4n) is 1.91. The molecule has 6 heteroatoms. The van der Waals surface area contributed by atoms with E-state index in [-0.39, 0.29) is 10.6 Å². The van der Waals surface area contributed by atoms with Crippen LogP contribution < -0.4 is 10.1 Å². The van der Waals surface area contributed by atoms with E-state index < -0.39 is 5.97 Å². The first kappa shape index (κ1) is 16.5. The van der Waals surface area contributed by atoms with E-state index in [1.54, 1.807) is 0 Å². The van der Waals surface area contributed by atoms with E-state index in [2.05, 4.69) is 5.32 Å². The van der Waals surface area contributed by atoms with E-state index in [1.165, 1.54) is 12.1 Å². The molecule has 4 nitrogen and oxygen atoms in total. The molecule has 0 aliphatic carbocycles. The molecule has 0 amide bonds. The molecule has 0 aliphatic rings. The Morgan fingerprint density at radius 2 is 1.91 bits per heavy atom. The van der Waals surface area contributed by atoms with Crippen molar-refractivity contribution in [2.45, 2.75) is 6.42 Å². The first-order valence-electron chi connectivity index (χ1n) is 6.72. The van der Waals surface area contributed by atoms with Crippen molar-refractivity contribution in [2.75, 3.05) is 18.5 Å². The summed E-state index contributed by atoms with van der Waals surface area (Å²) in [5.74, 6) is -0.273. The van der Waals surface area contributed by atoms with Crippen molar-refractivity contribution in [1.29, 1.82) is 0 Å². The minimum absolute atomic E-state index is 0.0569. The second-order valence-corrected chi connectivity index (χ2v) is 5.40. The van der Waals surface area contributed by atoms with Crippen LogP contribution in [0.1, 0.15) is 16.8 Å². The van der Waals surface area contributed by atoms with E-state index in [0.717, 1.165) is 5.75 Å². The predicted molar refractivity (Wildman–Crippen MR) is 88.5 cm³/mol. The first-order chi connectivity index (χ1) is 10.6. The van der Waals surface area contributed by atoms with E-state index >= 15 is 0 Å². The molecular formula is C16H15Cl2NO3. The van der Waals surface area contributed by atoms with Crippen molar-refractivity contribution < 1.29 is 14.6 Å². The summed E-state index contributed by atoms with van der Waals surface area (Å²) >= 11 is 11.9. The Morgan fingerprint density at radius 3 is 2.59 bits per heavy atom. The summed E-state index contributed by atoms with van der Waals surface area (Å²) in [4.78, 5) is 11.2. The van der Waals surface area contributed by atoms with E-state index in [9.17, 15) is 9.90 Å². The molecule has 0 unspecified atom stereocenters. The van der Waals surface area contributed by atoms with Gasteiger partial charge in [-0.15, -0.1) is 0 Å². The number of carbonyl (C=O) groups is 1. The van der Waals surface area contributed by atoms with Crippen LogP contribution in [-0.2, 0) is 0 Å². The van der Waals surface area contributed by atoms with E-state index in [1.807, 2.05) is 30.3 Å². The minimum atomic E-state index is -1.08. The lowest BCUT2D eigenvalue weighted by Crippen LogP contribution is -2.11. The van der Waals surface area contributed by atoms with Gasteiger partial charge < -0.3 is 15.2 Å². The van der Waals surface area contributed by atoms with Crippen LogP contribution in [0.25, 0.3) is 0 Å². The molecule has 2 N–H and O–H groups in total. The predicted octanol–water partition coefficient (Wildman–Crippen LogP) is 4.57. The highest BCUT2D eigenvalue weighted by molar-refractivity contribution is 6.37. The fourth-order valence-corrected chi connectivity index (χ4v) is 2.47. The second kappa shape index (κ2) is 7.92. The maximum Gasteiger partial charge on any atom is 0.337 e. The highest BCUT2D eigenvalue weighted by Crippen LogP contribution is 2.30. The Balaban J connectivity index is 1.88. The lowest BCUT2D eigenvalue weighted by Gasteiger charge is -2.12. The van der Waals surface area contributed by atoms with Crippen LogP contribution >= 0.6 is 23.2 Å². The molecule has 2 aromatic carbocycles. The van der Waals surface area contributed by atoms with Crippen molar-refractivity contribution in [3.8, 4) is 5.75 Å². The summed E-state index contributed by atoms with van der Waals surface area (Å²) in [5.41, 5.74) is 0.430. The average Bonchev–Trinajstić information content (AvgIpc) is 2.49. The SMILES string of the molecule is O=C(O)c1cc(Cl)cc(Cl)c1NCCCOc1ccccc1. The number of ether oxygens (including phenoxy) is 1. The molecule has 0 saturated heterocycles. The van der Waals surface area contributed by atoms with Crippen LogP contribution in [0.3, 0.4) is 0 Å². The molecule has 2 aromatic rings. The Kier molecular flexibility index (Phi) is 5.92. The number of hydrogen-bond acceptors (Lipinski definition) is 3. The molecule has 0 aliphatic heterocycles. The molecular weight excluding hydrogens is 325 g/mol. The summed E-state index contributed by atoms with van der Waals surface area (Å²) in [5, 5.41) is 12.8. The number of carboxylic acids is 1. The summed E-state index contributed by atoms with van der Waals surface area (Å²) in [6.07, 6.45) is 0.701. The zero-order valence-corrected chi connectivity index (χ0v) is 13.2. The van der Waals surface area contributed by atoms with Gasteiger partial charge in [0.15, 0.2) is 0 Å². The topological polar surface area (TPSA) is 58.6 Å². The number of halogens is 2. The lowest BCUT2D eigenvalue weighted by atomic mass is 10.1. The van der Waals surface area contributed by atoms with Gasteiger partial charge in [-0.25, -0.2) is 4.79 Å². The molecule has 0 atom stereocenters. The zero-order chi connectivity index (χ0) is 15.9. The molecule has 2 rings (SSSR count). The smallest absolute Gasteiger partial charge is 0.337 e. The van der Waals surface area contributed by atoms with Gasteiger partial charge in [0.2, 0.25) is 0 Å². The van der Waals surface area contributed by atoms with Crippen molar-refractivity contribution in [1.82, 2.24) is 0 Å². The van der Waals surface area contributed by atoms with Crippen molar-refractivity contribution in [3.63, 3.8) is 0 Å². The molecule has 0 radical (unpaired) electrons. The fraction of sp³-hybridized carbons (Fsp3) is 0.188. The Bertz CT molecular complexity index is 647. The number of nitrogens with one attached hydrogen (secondary N) is 1. The number of rotatable bonds is 7. The van der Waals surface area contributed by atoms with Crippen LogP contribution in [0.5, 0.6) is 5.75 Å². The Hall–Kier alpha value is -1.91. The second-order valence-electron chi connectivity index (χ2n) is 4.56. The van der Waals surface area contributed by atoms with Crippen molar-refractivity contribution in [3.05, 3.63) is 58.1 Å². The summed E-state index contributed by atoms with van der Waals surface area (Å²) in [6, 6.07) is 12.4. The lowest BCUT2D eigenvalue weighted by molar-refractivity contribution is 0.0698.